The van der Waals surface area contributed by atoms with Gasteiger partial charge in [-0.15, -0.1) is 11.8 Å². The molecule has 1 heterocycles. The first-order valence-corrected chi connectivity index (χ1v) is 8.41. The maximum Gasteiger partial charge on any atom is 0.317 e. The number of carboxylic acid groups (broad SMARTS) is 1. The minimum absolute atomic E-state index is 0.161. The summed E-state index contributed by atoms with van der Waals surface area (Å²) in [6.45, 7) is 3.57. The Labute approximate surface area is 135 Å². The number of hydrogen-bond acceptors (Lipinski definition) is 3. The fourth-order valence-corrected chi connectivity index (χ4v) is 3.42. The van der Waals surface area contributed by atoms with E-state index in [0.717, 1.165) is 6.42 Å². The number of nitrogens with one attached hydrogen (secondary N) is 1. The van der Waals surface area contributed by atoms with Crippen LogP contribution < -0.4 is 5.32 Å². The number of carbonyl (C=O) groups is 2. The fraction of sp³-hybridized carbons (Fsp3) is 0.500. The van der Waals surface area contributed by atoms with Gasteiger partial charge >= 0.3 is 12.0 Å². The molecule has 22 heavy (non-hydrogen) atoms. The Morgan fingerprint density at radius 3 is 2.82 bits per heavy atom. The van der Waals surface area contributed by atoms with Crippen LogP contribution in [0.3, 0.4) is 0 Å². The van der Waals surface area contributed by atoms with Crippen LogP contribution in [0.1, 0.15) is 19.8 Å². The van der Waals surface area contributed by atoms with Crippen LogP contribution >= 0.6 is 11.8 Å². The molecule has 2 N–H and O–H groups in total. The Kier molecular flexibility index (Phi) is 6.12. The van der Waals surface area contributed by atoms with Crippen molar-refractivity contribution in [3.05, 3.63) is 30.3 Å². The normalized spacial score (nSPS) is 19.5. The summed E-state index contributed by atoms with van der Waals surface area (Å²) in [6, 6.07) is 9.90. The van der Waals surface area contributed by atoms with Crippen LogP contribution in [0.4, 0.5) is 4.79 Å². The third-order valence-electron chi connectivity index (χ3n) is 3.68. The minimum Gasteiger partial charge on any atom is -0.481 e. The molecule has 0 aliphatic carbocycles. The third kappa shape index (κ3) is 4.94. The first-order valence-electron chi connectivity index (χ1n) is 7.53. The van der Waals surface area contributed by atoms with Crippen molar-refractivity contribution in [1.82, 2.24) is 10.2 Å². The van der Waals surface area contributed by atoms with E-state index in [1.807, 2.05) is 30.3 Å². The van der Waals surface area contributed by atoms with Crippen LogP contribution in [-0.2, 0) is 4.79 Å². The van der Waals surface area contributed by atoms with Gasteiger partial charge in [-0.1, -0.05) is 25.1 Å². The highest BCUT2D eigenvalue weighted by molar-refractivity contribution is 8.00. The zero-order valence-electron chi connectivity index (χ0n) is 12.7. The van der Waals surface area contributed by atoms with Crippen molar-refractivity contribution in [2.24, 2.45) is 5.92 Å². The first kappa shape index (κ1) is 16.7. The van der Waals surface area contributed by atoms with Gasteiger partial charge in [-0.3, -0.25) is 4.79 Å². The number of urea groups is 1. The van der Waals surface area contributed by atoms with E-state index in [9.17, 15) is 9.59 Å². The van der Waals surface area contributed by atoms with Gasteiger partial charge in [0.1, 0.15) is 0 Å². The van der Waals surface area contributed by atoms with E-state index in [0.29, 0.717) is 26.1 Å². The maximum atomic E-state index is 12.1. The lowest BCUT2D eigenvalue weighted by molar-refractivity contribution is -0.143. The number of nitrogens with zero attached hydrogens (tertiary/aromatic N) is 1. The summed E-state index contributed by atoms with van der Waals surface area (Å²) < 4.78 is 0. The molecule has 0 spiro atoms. The Morgan fingerprint density at radius 1 is 1.41 bits per heavy atom. The van der Waals surface area contributed by atoms with Crippen molar-refractivity contribution >= 4 is 23.8 Å². The molecule has 1 saturated heterocycles. The Balaban J connectivity index is 1.76. The van der Waals surface area contributed by atoms with Gasteiger partial charge in [0.2, 0.25) is 0 Å². The SMILES string of the molecule is CC(CNC(=O)N1CCCC(C(=O)O)C1)Sc1ccccc1. The quantitative estimate of drug-likeness (QED) is 0.818. The van der Waals surface area contributed by atoms with Crippen LogP contribution in [0.25, 0.3) is 0 Å². The molecule has 2 unspecified atom stereocenters. The number of thioether (sulfide) groups is 1. The van der Waals surface area contributed by atoms with Gasteiger partial charge in [-0.25, -0.2) is 4.79 Å². The molecule has 0 bridgehead atoms. The summed E-state index contributed by atoms with van der Waals surface area (Å²) in [5, 5.41) is 12.2. The lowest BCUT2D eigenvalue weighted by Crippen LogP contribution is -2.48. The molecule has 0 radical (unpaired) electrons. The molecule has 0 saturated carbocycles. The van der Waals surface area contributed by atoms with Gasteiger partial charge in [-0.2, -0.15) is 0 Å². The molecule has 2 atom stereocenters. The summed E-state index contributed by atoms with van der Waals surface area (Å²) in [7, 11) is 0. The molecule has 120 valence electrons. The number of hydrogen-bond donors (Lipinski definition) is 2. The molecule has 0 aromatic heterocycles. The smallest absolute Gasteiger partial charge is 0.317 e. The standard InChI is InChI=1S/C16H22N2O3S/c1-12(22-14-7-3-2-4-8-14)10-17-16(21)18-9-5-6-13(11-18)15(19)20/h2-4,7-8,12-13H,5-6,9-11H2,1H3,(H,17,21)(H,19,20). The molecule has 2 amide bonds. The van der Waals surface area contributed by atoms with E-state index in [4.69, 9.17) is 5.11 Å². The molecule has 1 aliphatic heterocycles. The predicted molar refractivity (Wildman–Crippen MR) is 87.1 cm³/mol. The number of rotatable bonds is 5. The van der Waals surface area contributed by atoms with Crippen molar-refractivity contribution in [1.29, 1.82) is 0 Å². The molecule has 1 aromatic carbocycles. The van der Waals surface area contributed by atoms with E-state index in [1.165, 1.54) is 4.90 Å². The molecular formula is C16H22N2O3S. The topological polar surface area (TPSA) is 69.6 Å². The third-order valence-corrected chi connectivity index (χ3v) is 4.79. The average molecular weight is 322 g/mol. The van der Waals surface area contributed by atoms with Crippen LogP contribution in [-0.4, -0.2) is 46.9 Å². The Hall–Kier alpha value is -1.69. The van der Waals surface area contributed by atoms with Gasteiger partial charge in [0.05, 0.1) is 5.92 Å². The largest absolute Gasteiger partial charge is 0.481 e. The minimum atomic E-state index is -0.814. The van der Waals surface area contributed by atoms with E-state index >= 15 is 0 Å². The molecule has 1 aliphatic rings. The number of aliphatic carboxylic acids is 1. The summed E-state index contributed by atoms with van der Waals surface area (Å²) >= 11 is 1.71. The second-order valence-electron chi connectivity index (χ2n) is 5.55. The van der Waals surface area contributed by atoms with E-state index < -0.39 is 11.9 Å². The van der Waals surface area contributed by atoms with Crippen molar-refractivity contribution in [2.75, 3.05) is 19.6 Å². The van der Waals surface area contributed by atoms with Gasteiger partial charge in [0.15, 0.2) is 0 Å². The number of piperidine rings is 1. The number of carboxylic acids is 1. The van der Waals surface area contributed by atoms with Crippen molar-refractivity contribution in [2.45, 2.75) is 29.9 Å². The lowest BCUT2D eigenvalue weighted by Gasteiger charge is -2.31. The predicted octanol–water partition coefficient (Wildman–Crippen LogP) is 2.67. The monoisotopic (exact) mass is 322 g/mol. The van der Waals surface area contributed by atoms with Gasteiger partial charge in [0, 0.05) is 29.8 Å². The van der Waals surface area contributed by atoms with E-state index in [1.54, 1.807) is 16.7 Å². The Bertz CT molecular complexity index is 509. The highest BCUT2D eigenvalue weighted by Gasteiger charge is 2.28. The zero-order valence-corrected chi connectivity index (χ0v) is 13.5. The van der Waals surface area contributed by atoms with Crippen LogP contribution in [0.5, 0.6) is 0 Å². The molecule has 6 heteroatoms. The van der Waals surface area contributed by atoms with Gasteiger partial charge in [0.25, 0.3) is 0 Å². The number of likely N-dealkylation sites (tertiary alicyclic amines) is 1. The van der Waals surface area contributed by atoms with Gasteiger partial charge < -0.3 is 15.3 Å². The lowest BCUT2D eigenvalue weighted by atomic mass is 9.99. The van der Waals surface area contributed by atoms with Crippen molar-refractivity contribution in [3.8, 4) is 0 Å². The van der Waals surface area contributed by atoms with Crippen LogP contribution in [0.15, 0.2) is 35.2 Å². The molecule has 1 aromatic rings. The number of benzene rings is 1. The molecular weight excluding hydrogens is 300 g/mol. The van der Waals surface area contributed by atoms with E-state index in [2.05, 4.69) is 12.2 Å². The van der Waals surface area contributed by atoms with Gasteiger partial charge in [-0.05, 0) is 25.0 Å². The number of amides is 2. The summed E-state index contributed by atoms with van der Waals surface area (Å²) in [5.41, 5.74) is 0. The first-order chi connectivity index (χ1) is 10.6. The summed E-state index contributed by atoms with van der Waals surface area (Å²) in [4.78, 5) is 26.0. The second-order valence-corrected chi connectivity index (χ2v) is 7.06. The van der Waals surface area contributed by atoms with Crippen LogP contribution in [0, 0.1) is 5.92 Å². The van der Waals surface area contributed by atoms with Crippen molar-refractivity contribution in [3.63, 3.8) is 0 Å². The average Bonchev–Trinajstić information content (AvgIpc) is 2.53. The zero-order chi connectivity index (χ0) is 15.9. The summed E-state index contributed by atoms with van der Waals surface area (Å²) in [5.74, 6) is -1.25. The molecule has 5 nitrogen and oxygen atoms in total. The highest BCUT2D eigenvalue weighted by Crippen LogP contribution is 2.22. The maximum absolute atomic E-state index is 12.1. The Morgan fingerprint density at radius 2 is 2.14 bits per heavy atom. The van der Waals surface area contributed by atoms with Crippen molar-refractivity contribution < 1.29 is 14.7 Å². The number of carbonyl (C=O) groups excluding carboxylic acids is 1. The fourth-order valence-electron chi connectivity index (χ4n) is 2.48. The van der Waals surface area contributed by atoms with Crippen LogP contribution in [0.2, 0.25) is 0 Å². The molecule has 2 rings (SSSR count). The van der Waals surface area contributed by atoms with E-state index in [-0.39, 0.29) is 11.3 Å². The summed E-state index contributed by atoms with van der Waals surface area (Å²) in [6.07, 6.45) is 1.40. The highest BCUT2D eigenvalue weighted by atomic mass is 32.2. The second kappa shape index (κ2) is 8.08. The molecule has 1 fully saturated rings.